The van der Waals surface area contributed by atoms with E-state index in [0.29, 0.717) is 34.4 Å². The highest BCUT2D eigenvalue weighted by Gasteiger charge is 2.29. The summed E-state index contributed by atoms with van der Waals surface area (Å²) in [6.07, 6.45) is 1.38. The molecule has 0 atom stereocenters. The Hall–Kier alpha value is -3.76. The fourth-order valence-corrected chi connectivity index (χ4v) is 4.81. The van der Waals surface area contributed by atoms with Crippen LogP contribution in [0.2, 0.25) is 5.02 Å². The molecule has 0 bridgehead atoms. The summed E-state index contributed by atoms with van der Waals surface area (Å²) in [5, 5.41) is 4.35. The van der Waals surface area contributed by atoms with E-state index in [9.17, 15) is 13.2 Å². The normalized spacial score (nSPS) is 11.2. The molecule has 3 rings (SSSR count). The zero-order valence-electron chi connectivity index (χ0n) is 20.0. The van der Waals surface area contributed by atoms with Crippen LogP contribution in [0.5, 0.6) is 17.2 Å². The number of carbonyl (C=O) groups is 1. The van der Waals surface area contributed by atoms with E-state index in [1.807, 2.05) is 0 Å². The van der Waals surface area contributed by atoms with Gasteiger partial charge in [-0.15, -0.1) is 0 Å². The molecule has 9 nitrogen and oxygen atoms in total. The van der Waals surface area contributed by atoms with Gasteiger partial charge in [-0.1, -0.05) is 23.7 Å². The van der Waals surface area contributed by atoms with Crippen molar-refractivity contribution in [1.29, 1.82) is 0 Å². The van der Waals surface area contributed by atoms with Gasteiger partial charge in [0.2, 0.25) is 0 Å². The number of anilines is 1. The Morgan fingerprint density at radius 2 is 1.75 bits per heavy atom. The van der Waals surface area contributed by atoms with Gasteiger partial charge in [0.25, 0.3) is 15.9 Å². The van der Waals surface area contributed by atoms with E-state index < -0.39 is 22.5 Å². The summed E-state index contributed by atoms with van der Waals surface area (Å²) in [5.74, 6) is 0.745. The molecule has 0 radical (unpaired) electrons. The number of hydrazone groups is 1. The highest BCUT2D eigenvalue weighted by atomic mass is 35.5. The van der Waals surface area contributed by atoms with Crippen molar-refractivity contribution in [3.63, 3.8) is 0 Å². The summed E-state index contributed by atoms with van der Waals surface area (Å²) >= 11 is 5.93. The molecule has 1 N–H and O–H groups in total. The number of amides is 1. The first kappa shape index (κ1) is 26.8. The number of carbonyl (C=O) groups excluding carboxylic acids is 1. The fraction of sp³-hybridized carbons (Fsp3) is 0.200. The van der Waals surface area contributed by atoms with Crippen LogP contribution in [0.15, 0.2) is 76.7 Å². The lowest BCUT2D eigenvalue weighted by molar-refractivity contribution is -0.119. The zero-order valence-corrected chi connectivity index (χ0v) is 21.5. The molecule has 0 aliphatic carbocycles. The molecule has 0 unspecified atom stereocenters. The largest absolute Gasteiger partial charge is 0.497 e. The molecule has 0 saturated heterocycles. The Kier molecular flexibility index (Phi) is 9.15. The molecule has 0 heterocycles. The number of hydrogen-bond acceptors (Lipinski definition) is 7. The molecule has 11 heteroatoms. The van der Waals surface area contributed by atoms with E-state index in [1.54, 1.807) is 49.4 Å². The molecule has 190 valence electrons. The van der Waals surface area contributed by atoms with E-state index in [2.05, 4.69) is 10.5 Å². The Bertz CT molecular complexity index is 1330. The maximum atomic E-state index is 13.6. The molecule has 0 spiro atoms. The summed E-state index contributed by atoms with van der Waals surface area (Å²) in [7, 11) is -1.12. The first-order valence-electron chi connectivity index (χ1n) is 10.8. The number of nitrogens with zero attached hydrogens (tertiary/aromatic N) is 2. The van der Waals surface area contributed by atoms with Crippen LogP contribution in [0, 0.1) is 0 Å². The van der Waals surface area contributed by atoms with Crippen molar-refractivity contribution in [3.05, 3.63) is 77.3 Å². The van der Waals surface area contributed by atoms with Crippen LogP contribution in [0.4, 0.5) is 5.69 Å². The van der Waals surface area contributed by atoms with Crippen molar-refractivity contribution in [2.24, 2.45) is 5.10 Å². The molecule has 0 saturated carbocycles. The van der Waals surface area contributed by atoms with Gasteiger partial charge in [0.1, 0.15) is 23.8 Å². The van der Waals surface area contributed by atoms with Gasteiger partial charge in [-0.25, -0.2) is 13.8 Å². The van der Waals surface area contributed by atoms with Crippen LogP contribution in [0.3, 0.4) is 0 Å². The Labute approximate surface area is 215 Å². The SMILES string of the molecule is CCOc1ccccc1N(CC(=O)N/N=C\c1cc(OC)ccc1OC)S(=O)(=O)c1ccc(Cl)cc1. The van der Waals surface area contributed by atoms with E-state index in [0.717, 1.165) is 4.31 Å². The lowest BCUT2D eigenvalue weighted by Gasteiger charge is -2.25. The second kappa shape index (κ2) is 12.3. The Balaban J connectivity index is 1.90. The van der Waals surface area contributed by atoms with Gasteiger partial charge in [-0.2, -0.15) is 5.10 Å². The predicted molar refractivity (Wildman–Crippen MR) is 139 cm³/mol. The first-order chi connectivity index (χ1) is 17.3. The molecule has 0 fully saturated rings. The molecular weight excluding hydrogens is 506 g/mol. The number of halogens is 1. The second-order valence-electron chi connectivity index (χ2n) is 7.27. The highest BCUT2D eigenvalue weighted by Crippen LogP contribution is 2.32. The van der Waals surface area contributed by atoms with Gasteiger partial charge in [-0.3, -0.25) is 9.10 Å². The summed E-state index contributed by atoms with van der Waals surface area (Å²) in [6, 6.07) is 17.4. The van der Waals surface area contributed by atoms with Crippen LogP contribution in [0.1, 0.15) is 12.5 Å². The first-order valence-corrected chi connectivity index (χ1v) is 12.7. The van der Waals surface area contributed by atoms with Crippen molar-refractivity contribution in [3.8, 4) is 17.2 Å². The maximum Gasteiger partial charge on any atom is 0.264 e. The smallest absolute Gasteiger partial charge is 0.264 e. The number of nitrogens with one attached hydrogen (secondary N) is 1. The lowest BCUT2D eigenvalue weighted by Crippen LogP contribution is -2.39. The monoisotopic (exact) mass is 531 g/mol. The topological polar surface area (TPSA) is 107 Å². The minimum Gasteiger partial charge on any atom is -0.497 e. The molecule has 3 aromatic rings. The number of hydrogen-bond donors (Lipinski definition) is 1. The number of sulfonamides is 1. The number of para-hydroxylation sites is 2. The van der Waals surface area contributed by atoms with Crippen molar-refractivity contribution in [2.75, 3.05) is 31.7 Å². The van der Waals surface area contributed by atoms with Gasteiger partial charge in [-0.05, 0) is 61.5 Å². The van der Waals surface area contributed by atoms with Gasteiger partial charge in [0.05, 0.1) is 37.6 Å². The lowest BCUT2D eigenvalue weighted by atomic mass is 10.2. The molecule has 0 aliphatic rings. The fourth-order valence-electron chi connectivity index (χ4n) is 3.25. The second-order valence-corrected chi connectivity index (χ2v) is 9.57. The Morgan fingerprint density at radius 1 is 1.03 bits per heavy atom. The Morgan fingerprint density at radius 3 is 2.42 bits per heavy atom. The summed E-state index contributed by atoms with van der Waals surface area (Å²) in [6.45, 7) is 1.54. The van der Waals surface area contributed by atoms with Crippen LogP contribution >= 0.6 is 11.6 Å². The van der Waals surface area contributed by atoms with Crippen molar-refractivity contribution in [1.82, 2.24) is 5.43 Å². The van der Waals surface area contributed by atoms with Gasteiger partial charge < -0.3 is 14.2 Å². The van der Waals surface area contributed by atoms with E-state index in [4.69, 9.17) is 25.8 Å². The average molecular weight is 532 g/mol. The van der Waals surface area contributed by atoms with E-state index in [1.165, 1.54) is 44.7 Å². The minimum atomic E-state index is -4.16. The van der Waals surface area contributed by atoms with Crippen LogP contribution in [0.25, 0.3) is 0 Å². The van der Waals surface area contributed by atoms with E-state index >= 15 is 0 Å². The molecule has 0 aromatic heterocycles. The number of methoxy groups -OCH3 is 2. The number of benzene rings is 3. The summed E-state index contributed by atoms with van der Waals surface area (Å²) in [5.41, 5.74) is 3.14. The predicted octanol–water partition coefficient (Wildman–Crippen LogP) is 4.10. The quantitative estimate of drug-likeness (QED) is 0.295. The highest BCUT2D eigenvalue weighted by molar-refractivity contribution is 7.92. The van der Waals surface area contributed by atoms with Crippen LogP contribution in [-0.4, -0.2) is 47.9 Å². The number of ether oxygens (including phenoxy) is 3. The van der Waals surface area contributed by atoms with Gasteiger partial charge in [0.15, 0.2) is 0 Å². The third kappa shape index (κ3) is 6.46. The molecular formula is C25H26ClN3O6S. The molecule has 36 heavy (non-hydrogen) atoms. The van der Waals surface area contributed by atoms with Crippen LogP contribution in [-0.2, 0) is 14.8 Å². The standard InChI is InChI=1S/C25H26ClN3O6S/c1-4-35-24-8-6-5-7-22(24)29(36(31,32)21-12-9-19(26)10-13-21)17-25(30)28-27-16-18-15-20(33-2)11-14-23(18)34-3/h5-16H,4,17H2,1-3H3,(H,28,30)/b27-16-. The maximum absolute atomic E-state index is 13.6. The molecule has 1 amide bonds. The third-order valence-corrected chi connectivity index (χ3v) is 6.98. The van der Waals surface area contributed by atoms with Gasteiger partial charge in [0, 0.05) is 10.6 Å². The number of rotatable bonds is 11. The van der Waals surface area contributed by atoms with E-state index in [-0.39, 0.29) is 10.6 Å². The average Bonchev–Trinajstić information content (AvgIpc) is 2.88. The molecule has 0 aliphatic heterocycles. The van der Waals surface area contributed by atoms with Crippen LogP contribution < -0.4 is 23.9 Å². The van der Waals surface area contributed by atoms with Crippen molar-refractivity contribution >= 4 is 39.4 Å². The molecule has 3 aromatic carbocycles. The van der Waals surface area contributed by atoms with Gasteiger partial charge >= 0.3 is 0 Å². The zero-order chi connectivity index (χ0) is 26.1. The summed E-state index contributed by atoms with van der Waals surface area (Å²) < 4.78 is 44.2. The van der Waals surface area contributed by atoms with Crippen molar-refractivity contribution < 1.29 is 27.4 Å². The summed E-state index contributed by atoms with van der Waals surface area (Å²) in [4.78, 5) is 12.8. The third-order valence-electron chi connectivity index (χ3n) is 4.95. The van der Waals surface area contributed by atoms with Crippen molar-refractivity contribution in [2.45, 2.75) is 11.8 Å². The minimum absolute atomic E-state index is 0.0318.